The number of carbonyl (C=O) groups excluding carboxylic acids is 1. The van der Waals surface area contributed by atoms with Crippen molar-refractivity contribution in [1.29, 1.82) is 5.26 Å². The van der Waals surface area contributed by atoms with Crippen LogP contribution in [0, 0.1) is 24.1 Å². The lowest BCUT2D eigenvalue weighted by Crippen LogP contribution is -2.12. The van der Waals surface area contributed by atoms with Gasteiger partial charge in [-0.2, -0.15) is 5.26 Å². The van der Waals surface area contributed by atoms with E-state index in [9.17, 15) is 9.18 Å². The molecule has 5 nitrogen and oxygen atoms in total. The molecular weight excluding hydrogens is 333 g/mol. The highest BCUT2D eigenvalue weighted by Crippen LogP contribution is 2.27. The third kappa shape index (κ3) is 3.52. The molecule has 0 saturated carbocycles. The van der Waals surface area contributed by atoms with Gasteiger partial charge in [-0.15, -0.1) is 0 Å². The van der Waals surface area contributed by atoms with E-state index in [-0.39, 0.29) is 5.56 Å². The van der Waals surface area contributed by atoms with Crippen molar-refractivity contribution in [2.45, 2.75) is 6.92 Å². The number of rotatable bonds is 4. The molecule has 6 heteroatoms. The number of hydrogen-bond acceptors (Lipinski definition) is 4. The topological polar surface area (TPSA) is 89.0 Å². The Balaban J connectivity index is 1.90. The van der Waals surface area contributed by atoms with Gasteiger partial charge in [-0.1, -0.05) is 6.07 Å². The van der Waals surface area contributed by atoms with Crippen LogP contribution < -0.4 is 10.5 Å². The zero-order valence-corrected chi connectivity index (χ0v) is 13.9. The minimum atomic E-state index is -0.597. The van der Waals surface area contributed by atoms with E-state index in [0.717, 1.165) is 11.1 Å². The predicted molar refractivity (Wildman–Crippen MR) is 94.1 cm³/mol. The maximum absolute atomic E-state index is 13.4. The minimum absolute atomic E-state index is 0.0885. The van der Waals surface area contributed by atoms with Crippen molar-refractivity contribution < 1.29 is 13.9 Å². The molecule has 26 heavy (non-hydrogen) atoms. The largest absolute Gasteiger partial charge is 0.457 e. The number of primary amides is 1. The lowest BCUT2D eigenvalue weighted by Gasteiger charge is -2.09. The van der Waals surface area contributed by atoms with E-state index in [4.69, 9.17) is 15.7 Å². The number of benzene rings is 2. The maximum Gasteiger partial charge on any atom is 0.248 e. The molecule has 2 aromatic carbocycles. The van der Waals surface area contributed by atoms with Crippen LogP contribution in [0.15, 0.2) is 54.7 Å². The van der Waals surface area contributed by atoms with Gasteiger partial charge in [0.2, 0.25) is 5.91 Å². The van der Waals surface area contributed by atoms with Gasteiger partial charge in [0.25, 0.3) is 0 Å². The summed E-state index contributed by atoms with van der Waals surface area (Å²) in [6.07, 6.45) is 1.58. The van der Waals surface area contributed by atoms with Gasteiger partial charge in [0, 0.05) is 29.5 Å². The number of nitrogens with two attached hydrogens (primary N) is 1. The standard InChI is InChI=1S/C20H14FN3O2/c1-12-8-13(2-4-17(12)20(23)25)19-10-16(6-7-24-19)26-15-3-5-18(21)14(9-15)11-22/h2-10H,1H3,(H2,23,25). The number of aryl methyl sites for hydroxylation is 1. The van der Waals surface area contributed by atoms with Crippen LogP contribution in [0.2, 0.25) is 0 Å². The third-order valence-electron chi connectivity index (χ3n) is 3.81. The Bertz CT molecular complexity index is 1040. The lowest BCUT2D eigenvalue weighted by atomic mass is 10.0. The number of aromatic nitrogens is 1. The van der Waals surface area contributed by atoms with Crippen molar-refractivity contribution in [3.63, 3.8) is 0 Å². The molecule has 1 amide bonds. The molecule has 1 aromatic heterocycles. The highest BCUT2D eigenvalue weighted by atomic mass is 19.1. The number of pyridine rings is 1. The Labute approximate surface area is 149 Å². The van der Waals surface area contributed by atoms with Crippen LogP contribution in [0.4, 0.5) is 4.39 Å². The van der Waals surface area contributed by atoms with Gasteiger partial charge in [0.1, 0.15) is 23.4 Å². The summed E-state index contributed by atoms with van der Waals surface area (Å²) in [5, 5.41) is 8.90. The van der Waals surface area contributed by atoms with Crippen LogP contribution in [0.3, 0.4) is 0 Å². The molecule has 0 aliphatic carbocycles. The van der Waals surface area contributed by atoms with Crippen molar-refractivity contribution in [3.8, 4) is 28.8 Å². The number of amides is 1. The zero-order valence-electron chi connectivity index (χ0n) is 13.9. The quantitative estimate of drug-likeness (QED) is 0.773. The molecular formula is C20H14FN3O2. The Morgan fingerprint density at radius 2 is 1.92 bits per heavy atom. The highest BCUT2D eigenvalue weighted by Gasteiger charge is 2.09. The zero-order chi connectivity index (χ0) is 18.7. The van der Waals surface area contributed by atoms with Crippen LogP contribution in [0.1, 0.15) is 21.5 Å². The number of nitriles is 1. The van der Waals surface area contributed by atoms with Gasteiger partial charge in [-0.3, -0.25) is 9.78 Å². The molecule has 0 fully saturated rings. The fourth-order valence-electron chi connectivity index (χ4n) is 2.52. The predicted octanol–water partition coefficient (Wildman–Crippen LogP) is 3.96. The van der Waals surface area contributed by atoms with Crippen molar-refractivity contribution in [2.24, 2.45) is 5.73 Å². The monoisotopic (exact) mass is 347 g/mol. The Morgan fingerprint density at radius 3 is 2.62 bits per heavy atom. The van der Waals surface area contributed by atoms with Crippen molar-refractivity contribution >= 4 is 5.91 Å². The van der Waals surface area contributed by atoms with Crippen LogP contribution >= 0.6 is 0 Å². The van der Waals surface area contributed by atoms with Crippen LogP contribution in [-0.4, -0.2) is 10.9 Å². The fourth-order valence-corrected chi connectivity index (χ4v) is 2.52. The van der Waals surface area contributed by atoms with E-state index in [0.29, 0.717) is 22.8 Å². The Kier molecular flexibility index (Phi) is 4.63. The number of hydrogen-bond donors (Lipinski definition) is 1. The second-order valence-electron chi connectivity index (χ2n) is 5.63. The molecule has 0 atom stereocenters. The highest BCUT2D eigenvalue weighted by molar-refractivity contribution is 5.94. The van der Waals surface area contributed by atoms with E-state index in [1.165, 1.54) is 18.2 Å². The van der Waals surface area contributed by atoms with Gasteiger partial charge < -0.3 is 10.5 Å². The number of halogens is 1. The summed E-state index contributed by atoms with van der Waals surface area (Å²) in [5.74, 6) is -0.244. The Hall–Kier alpha value is -3.72. The molecule has 0 aliphatic rings. The van der Waals surface area contributed by atoms with Gasteiger partial charge >= 0.3 is 0 Å². The molecule has 0 unspecified atom stereocenters. The van der Waals surface area contributed by atoms with Gasteiger partial charge in [0.05, 0.1) is 11.3 Å². The molecule has 0 radical (unpaired) electrons. The molecule has 2 N–H and O–H groups in total. The van der Waals surface area contributed by atoms with Crippen molar-refractivity contribution in [1.82, 2.24) is 4.98 Å². The summed E-state index contributed by atoms with van der Waals surface area (Å²) in [5.41, 5.74) is 7.88. The van der Waals surface area contributed by atoms with E-state index in [2.05, 4.69) is 4.98 Å². The van der Waals surface area contributed by atoms with E-state index in [1.54, 1.807) is 43.5 Å². The van der Waals surface area contributed by atoms with Crippen molar-refractivity contribution in [2.75, 3.05) is 0 Å². The average molecular weight is 347 g/mol. The molecule has 0 bridgehead atoms. The maximum atomic E-state index is 13.4. The number of carbonyl (C=O) groups is 1. The lowest BCUT2D eigenvalue weighted by molar-refractivity contribution is 0.0999. The second-order valence-corrected chi connectivity index (χ2v) is 5.63. The first kappa shape index (κ1) is 17.1. The molecule has 0 saturated heterocycles. The van der Waals surface area contributed by atoms with Crippen LogP contribution in [-0.2, 0) is 0 Å². The molecule has 128 valence electrons. The molecule has 0 aliphatic heterocycles. The summed E-state index contributed by atoms with van der Waals surface area (Å²) >= 11 is 0. The SMILES string of the molecule is Cc1cc(-c2cc(Oc3ccc(F)c(C#N)c3)ccn2)ccc1C(N)=O. The van der Waals surface area contributed by atoms with E-state index in [1.807, 2.05) is 6.07 Å². The summed E-state index contributed by atoms with van der Waals surface area (Å²) in [6, 6.07) is 14.3. The first-order chi connectivity index (χ1) is 12.5. The molecule has 0 spiro atoms. The molecule has 3 rings (SSSR count). The first-order valence-corrected chi connectivity index (χ1v) is 7.72. The van der Waals surface area contributed by atoms with Crippen molar-refractivity contribution in [3.05, 3.63) is 77.2 Å². The average Bonchev–Trinajstić information content (AvgIpc) is 2.63. The first-order valence-electron chi connectivity index (χ1n) is 7.72. The number of ether oxygens (including phenoxy) is 1. The van der Waals surface area contributed by atoms with Gasteiger partial charge in [-0.05, 0) is 42.8 Å². The molecule has 1 heterocycles. The summed E-state index contributed by atoms with van der Waals surface area (Å²) in [4.78, 5) is 15.6. The van der Waals surface area contributed by atoms with Crippen LogP contribution in [0.25, 0.3) is 11.3 Å². The van der Waals surface area contributed by atoms with Crippen LogP contribution in [0.5, 0.6) is 11.5 Å². The fraction of sp³-hybridized carbons (Fsp3) is 0.0500. The minimum Gasteiger partial charge on any atom is -0.457 e. The van der Waals surface area contributed by atoms with Gasteiger partial charge in [-0.25, -0.2) is 4.39 Å². The number of nitrogens with zero attached hydrogens (tertiary/aromatic N) is 2. The van der Waals surface area contributed by atoms with E-state index >= 15 is 0 Å². The summed E-state index contributed by atoms with van der Waals surface area (Å²) < 4.78 is 19.1. The smallest absolute Gasteiger partial charge is 0.248 e. The summed E-state index contributed by atoms with van der Waals surface area (Å²) in [6.45, 7) is 1.80. The normalized spacial score (nSPS) is 10.2. The van der Waals surface area contributed by atoms with E-state index < -0.39 is 11.7 Å². The van der Waals surface area contributed by atoms with Gasteiger partial charge in [0.15, 0.2) is 0 Å². The second kappa shape index (κ2) is 7.03. The third-order valence-corrected chi connectivity index (χ3v) is 3.81. The Morgan fingerprint density at radius 1 is 1.15 bits per heavy atom. The molecule has 3 aromatic rings. The summed E-state index contributed by atoms with van der Waals surface area (Å²) in [7, 11) is 0.